The van der Waals surface area contributed by atoms with Crippen molar-refractivity contribution in [2.24, 2.45) is 0 Å². The van der Waals surface area contributed by atoms with Crippen LogP contribution in [-0.2, 0) is 0 Å². The molecule has 0 aliphatic rings. The zero-order valence-corrected chi connectivity index (χ0v) is 6.27. The molecule has 2 aromatic rings. The lowest BCUT2D eigenvalue weighted by atomic mass is 10.2. The smallest absolute Gasteiger partial charge is 0.214 e. The van der Waals surface area contributed by atoms with E-state index in [0.717, 1.165) is 5.56 Å². The van der Waals surface area contributed by atoms with Gasteiger partial charge in [-0.2, -0.15) is 4.98 Å². The van der Waals surface area contributed by atoms with Gasteiger partial charge in [0.1, 0.15) is 0 Å². The fraction of sp³-hybridized carbons (Fsp3) is 0. The molecular weight excluding hydrogens is 154 g/mol. The summed E-state index contributed by atoms with van der Waals surface area (Å²) in [4.78, 5) is 3.89. The number of anilines is 1. The van der Waals surface area contributed by atoms with Crippen molar-refractivity contribution in [3.63, 3.8) is 0 Å². The standard InChI is InChI=1S/C8H7N3O/c9-7-3-1-2-6(4-7)8-10-5-12-11-8/h1-5H,9H2. The van der Waals surface area contributed by atoms with Gasteiger partial charge in [0, 0.05) is 11.3 Å². The van der Waals surface area contributed by atoms with Crippen molar-refractivity contribution in [3.05, 3.63) is 30.7 Å². The predicted molar refractivity (Wildman–Crippen MR) is 44.1 cm³/mol. The summed E-state index contributed by atoms with van der Waals surface area (Å²) in [6.07, 6.45) is 1.29. The number of benzene rings is 1. The van der Waals surface area contributed by atoms with E-state index in [9.17, 15) is 0 Å². The third kappa shape index (κ3) is 1.14. The first-order valence-electron chi connectivity index (χ1n) is 3.48. The summed E-state index contributed by atoms with van der Waals surface area (Å²) in [6.45, 7) is 0. The molecule has 12 heavy (non-hydrogen) atoms. The summed E-state index contributed by atoms with van der Waals surface area (Å²) in [7, 11) is 0. The van der Waals surface area contributed by atoms with E-state index < -0.39 is 0 Å². The van der Waals surface area contributed by atoms with Gasteiger partial charge in [-0.05, 0) is 12.1 Å². The van der Waals surface area contributed by atoms with E-state index >= 15 is 0 Å². The number of nitrogen functional groups attached to an aromatic ring is 1. The highest BCUT2D eigenvalue weighted by molar-refractivity contribution is 5.60. The molecule has 0 saturated heterocycles. The van der Waals surface area contributed by atoms with Crippen molar-refractivity contribution >= 4 is 5.69 Å². The van der Waals surface area contributed by atoms with E-state index in [4.69, 9.17) is 5.73 Å². The van der Waals surface area contributed by atoms with Crippen molar-refractivity contribution in [1.29, 1.82) is 0 Å². The Balaban J connectivity index is 2.48. The lowest BCUT2D eigenvalue weighted by molar-refractivity contribution is 0.419. The second kappa shape index (κ2) is 2.65. The molecule has 0 spiro atoms. The van der Waals surface area contributed by atoms with E-state index in [-0.39, 0.29) is 0 Å². The van der Waals surface area contributed by atoms with Crippen LogP contribution >= 0.6 is 0 Å². The number of hydrogen-bond donors (Lipinski definition) is 1. The molecule has 0 atom stereocenters. The Bertz CT molecular complexity index is 370. The molecule has 1 heterocycles. The summed E-state index contributed by atoms with van der Waals surface area (Å²) in [5, 5.41) is 3.69. The first-order chi connectivity index (χ1) is 5.86. The summed E-state index contributed by atoms with van der Waals surface area (Å²) in [5.74, 6) is 0.558. The minimum Gasteiger partial charge on any atom is -0.399 e. The van der Waals surface area contributed by atoms with E-state index in [2.05, 4.69) is 14.7 Å². The molecule has 0 fully saturated rings. The largest absolute Gasteiger partial charge is 0.399 e. The van der Waals surface area contributed by atoms with E-state index in [0.29, 0.717) is 11.5 Å². The Morgan fingerprint density at radius 3 is 2.92 bits per heavy atom. The molecule has 2 rings (SSSR count). The van der Waals surface area contributed by atoms with Crippen LogP contribution in [0.3, 0.4) is 0 Å². The second-order valence-electron chi connectivity index (χ2n) is 2.38. The second-order valence-corrected chi connectivity index (χ2v) is 2.38. The molecular formula is C8H7N3O. The molecule has 0 unspecified atom stereocenters. The highest BCUT2D eigenvalue weighted by Gasteiger charge is 2.01. The van der Waals surface area contributed by atoms with Crippen molar-refractivity contribution in [2.45, 2.75) is 0 Å². The molecule has 0 aliphatic carbocycles. The highest BCUT2D eigenvalue weighted by atomic mass is 16.5. The van der Waals surface area contributed by atoms with E-state index in [1.807, 2.05) is 18.2 Å². The molecule has 0 saturated carbocycles. The van der Waals surface area contributed by atoms with Gasteiger partial charge in [0.2, 0.25) is 12.2 Å². The third-order valence-corrected chi connectivity index (χ3v) is 1.51. The fourth-order valence-corrected chi connectivity index (χ4v) is 0.976. The predicted octanol–water partition coefficient (Wildman–Crippen LogP) is 1.32. The van der Waals surface area contributed by atoms with Gasteiger partial charge in [0.05, 0.1) is 0 Å². The number of nitrogens with zero attached hydrogens (tertiary/aromatic N) is 2. The van der Waals surface area contributed by atoms with Gasteiger partial charge < -0.3 is 10.3 Å². The molecule has 0 amide bonds. The highest BCUT2D eigenvalue weighted by Crippen LogP contribution is 2.16. The van der Waals surface area contributed by atoms with Crippen LogP contribution in [0.1, 0.15) is 0 Å². The maximum atomic E-state index is 5.58. The summed E-state index contributed by atoms with van der Waals surface area (Å²) in [6, 6.07) is 7.33. The number of hydrogen-bond acceptors (Lipinski definition) is 4. The maximum absolute atomic E-state index is 5.58. The number of nitrogens with two attached hydrogens (primary N) is 1. The average molecular weight is 161 g/mol. The molecule has 0 radical (unpaired) electrons. The summed E-state index contributed by atoms with van der Waals surface area (Å²) >= 11 is 0. The summed E-state index contributed by atoms with van der Waals surface area (Å²) in [5.41, 5.74) is 7.14. The fourth-order valence-electron chi connectivity index (χ4n) is 0.976. The Hall–Kier alpha value is -1.84. The molecule has 60 valence electrons. The van der Waals surface area contributed by atoms with Gasteiger partial charge in [-0.25, -0.2) is 0 Å². The van der Waals surface area contributed by atoms with Gasteiger partial charge in [0.15, 0.2) is 0 Å². The Morgan fingerprint density at radius 2 is 2.25 bits per heavy atom. The van der Waals surface area contributed by atoms with Crippen LogP contribution in [0.15, 0.2) is 35.2 Å². The quantitative estimate of drug-likeness (QED) is 0.640. The Labute approximate surface area is 69.0 Å². The molecule has 4 heteroatoms. The van der Waals surface area contributed by atoms with Crippen LogP contribution in [0.5, 0.6) is 0 Å². The van der Waals surface area contributed by atoms with Crippen LogP contribution in [0.2, 0.25) is 0 Å². The normalized spacial score (nSPS) is 10.0. The number of aromatic nitrogens is 2. The van der Waals surface area contributed by atoms with Crippen molar-refractivity contribution in [2.75, 3.05) is 5.73 Å². The molecule has 0 bridgehead atoms. The first-order valence-corrected chi connectivity index (χ1v) is 3.48. The van der Waals surface area contributed by atoms with E-state index in [1.165, 1.54) is 6.39 Å². The minimum absolute atomic E-state index is 0.558. The first kappa shape index (κ1) is 6.84. The van der Waals surface area contributed by atoms with Crippen molar-refractivity contribution < 1.29 is 4.52 Å². The van der Waals surface area contributed by atoms with Crippen molar-refractivity contribution in [3.8, 4) is 11.4 Å². The topological polar surface area (TPSA) is 64.9 Å². The van der Waals surface area contributed by atoms with Crippen LogP contribution < -0.4 is 5.73 Å². The van der Waals surface area contributed by atoms with Crippen LogP contribution in [0.25, 0.3) is 11.4 Å². The van der Waals surface area contributed by atoms with Crippen LogP contribution in [0, 0.1) is 0 Å². The van der Waals surface area contributed by atoms with E-state index in [1.54, 1.807) is 6.07 Å². The molecule has 4 nitrogen and oxygen atoms in total. The maximum Gasteiger partial charge on any atom is 0.214 e. The monoisotopic (exact) mass is 161 g/mol. The van der Waals surface area contributed by atoms with Gasteiger partial charge >= 0.3 is 0 Å². The van der Waals surface area contributed by atoms with Crippen molar-refractivity contribution in [1.82, 2.24) is 10.1 Å². The lowest BCUT2D eigenvalue weighted by Gasteiger charge is -1.94. The third-order valence-electron chi connectivity index (χ3n) is 1.51. The molecule has 2 N–H and O–H groups in total. The van der Waals surface area contributed by atoms with Gasteiger partial charge in [-0.1, -0.05) is 17.3 Å². The van der Waals surface area contributed by atoms with Gasteiger partial charge in [0.25, 0.3) is 0 Å². The Kier molecular flexibility index (Phi) is 1.51. The summed E-state index contributed by atoms with van der Waals surface area (Å²) < 4.78 is 4.61. The van der Waals surface area contributed by atoms with Crippen LogP contribution in [0.4, 0.5) is 5.69 Å². The Morgan fingerprint density at radius 1 is 1.33 bits per heavy atom. The van der Waals surface area contributed by atoms with Gasteiger partial charge in [-0.3, -0.25) is 0 Å². The van der Waals surface area contributed by atoms with Crippen LogP contribution in [-0.4, -0.2) is 10.1 Å². The van der Waals surface area contributed by atoms with Gasteiger partial charge in [-0.15, -0.1) is 0 Å². The average Bonchev–Trinajstić information content (AvgIpc) is 2.56. The zero-order chi connectivity index (χ0) is 8.39. The molecule has 1 aromatic carbocycles. The zero-order valence-electron chi connectivity index (χ0n) is 6.27. The molecule has 0 aliphatic heterocycles. The molecule has 1 aromatic heterocycles. The lowest BCUT2D eigenvalue weighted by Crippen LogP contribution is -1.85. The minimum atomic E-state index is 0.558. The SMILES string of the molecule is Nc1cccc(-c2ncon2)c1. The number of rotatable bonds is 1.